The van der Waals surface area contributed by atoms with Crippen LogP contribution in [-0.2, 0) is 6.54 Å². The molecule has 9 heteroatoms. The van der Waals surface area contributed by atoms with E-state index in [2.05, 4.69) is 41.4 Å². The molecule has 25 heavy (non-hydrogen) atoms. The van der Waals surface area contributed by atoms with Crippen molar-refractivity contribution in [2.75, 3.05) is 11.9 Å². The van der Waals surface area contributed by atoms with Crippen LogP contribution in [0.5, 0.6) is 5.75 Å². The highest BCUT2D eigenvalue weighted by Crippen LogP contribution is 2.32. The molecule has 0 saturated carbocycles. The Morgan fingerprint density at radius 2 is 2.04 bits per heavy atom. The molecule has 0 saturated heterocycles. The first kappa shape index (κ1) is 17.4. The van der Waals surface area contributed by atoms with Crippen molar-refractivity contribution < 1.29 is 13.5 Å². The van der Waals surface area contributed by atoms with Crippen LogP contribution >= 0.6 is 15.9 Å². The van der Waals surface area contributed by atoms with Gasteiger partial charge in [0, 0.05) is 9.86 Å². The molecule has 2 aromatic heterocycles. The van der Waals surface area contributed by atoms with Crippen molar-refractivity contribution in [2.45, 2.75) is 19.9 Å². The van der Waals surface area contributed by atoms with E-state index in [9.17, 15) is 8.78 Å². The number of hydrogen-bond donors (Lipinski definition) is 1. The minimum absolute atomic E-state index is 0.269. The van der Waals surface area contributed by atoms with E-state index in [1.807, 2.05) is 19.1 Å². The van der Waals surface area contributed by atoms with Crippen LogP contribution in [-0.4, -0.2) is 33.2 Å². The Morgan fingerprint density at radius 3 is 2.76 bits per heavy atom. The van der Waals surface area contributed by atoms with Crippen molar-refractivity contribution in [2.24, 2.45) is 0 Å². The van der Waals surface area contributed by atoms with Gasteiger partial charge in [0.15, 0.2) is 0 Å². The van der Waals surface area contributed by atoms with E-state index >= 15 is 0 Å². The van der Waals surface area contributed by atoms with Gasteiger partial charge in [0.05, 0.1) is 17.9 Å². The van der Waals surface area contributed by atoms with Crippen LogP contribution < -0.4 is 10.1 Å². The van der Waals surface area contributed by atoms with Gasteiger partial charge in [-0.2, -0.15) is 10.2 Å². The largest absolute Gasteiger partial charge is 0.485 e. The molecule has 6 nitrogen and oxygen atoms in total. The van der Waals surface area contributed by atoms with E-state index in [-0.39, 0.29) is 5.75 Å². The molecule has 3 aromatic rings. The van der Waals surface area contributed by atoms with Crippen LogP contribution in [0.1, 0.15) is 11.4 Å². The second-order valence-electron chi connectivity index (χ2n) is 5.24. The van der Waals surface area contributed by atoms with E-state index < -0.39 is 13.0 Å². The van der Waals surface area contributed by atoms with Gasteiger partial charge in [-0.15, -0.1) is 0 Å². The molecule has 130 valence electrons. The highest BCUT2D eigenvalue weighted by molar-refractivity contribution is 9.10. The lowest BCUT2D eigenvalue weighted by Crippen LogP contribution is -2.08. The van der Waals surface area contributed by atoms with Gasteiger partial charge in [0.2, 0.25) is 0 Å². The number of aryl methyl sites for hydroxylation is 1. The first-order valence-corrected chi connectivity index (χ1v) is 8.20. The van der Waals surface area contributed by atoms with Crippen molar-refractivity contribution in [1.82, 2.24) is 20.2 Å². The topological polar surface area (TPSA) is 72.8 Å². The summed E-state index contributed by atoms with van der Waals surface area (Å²) in [5.74, 6) is 0.820. The van der Waals surface area contributed by atoms with Crippen molar-refractivity contribution in [3.8, 4) is 5.75 Å². The highest BCUT2D eigenvalue weighted by atomic mass is 79.9. The summed E-state index contributed by atoms with van der Waals surface area (Å²) in [6, 6.07) is 7.14. The van der Waals surface area contributed by atoms with Crippen LogP contribution in [0.4, 0.5) is 14.6 Å². The first-order chi connectivity index (χ1) is 12.0. The molecule has 2 heterocycles. The summed E-state index contributed by atoms with van der Waals surface area (Å²) >= 11 is 3.36. The highest BCUT2D eigenvalue weighted by Gasteiger charge is 2.13. The van der Waals surface area contributed by atoms with E-state index in [1.54, 1.807) is 12.1 Å². The van der Waals surface area contributed by atoms with Gasteiger partial charge in [0.1, 0.15) is 30.0 Å². The van der Waals surface area contributed by atoms with Crippen LogP contribution in [0.3, 0.4) is 0 Å². The third kappa shape index (κ3) is 4.36. The Kier molecular flexibility index (Phi) is 5.32. The molecule has 1 aromatic carbocycles. The molecule has 0 bridgehead atoms. The molecule has 3 rings (SSSR count). The Labute approximate surface area is 150 Å². The van der Waals surface area contributed by atoms with Gasteiger partial charge in [-0.1, -0.05) is 15.9 Å². The summed E-state index contributed by atoms with van der Waals surface area (Å²) in [5, 5.41) is 11.9. The predicted molar refractivity (Wildman–Crippen MR) is 92.8 cm³/mol. The number of fused-ring (bicyclic) bond motifs is 1. The van der Waals surface area contributed by atoms with E-state index in [1.165, 1.54) is 6.33 Å². The summed E-state index contributed by atoms with van der Waals surface area (Å²) in [5.41, 5.74) is 2.04. The lowest BCUT2D eigenvalue weighted by atomic mass is 10.2. The molecule has 0 aliphatic carbocycles. The third-order valence-corrected chi connectivity index (χ3v) is 3.78. The van der Waals surface area contributed by atoms with Gasteiger partial charge in [-0.3, -0.25) is 0 Å². The van der Waals surface area contributed by atoms with E-state index in [0.717, 1.165) is 11.4 Å². The first-order valence-electron chi connectivity index (χ1n) is 7.41. The van der Waals surface area contributed by atoms with Gasteiger partial charge in [-0.05, 0) is 31.2 Å². The van der Waals surface area contributed by atoms with Crippen molar-refractivity contribution >= 4 is 32.7 Å². The average molecular weight is 410 g/mol. The number of nitrogens with one attached hydrogen (secondary N) is 1. The fraction of sp³-hybridized carbons (Fsp3) is 0.250. The summed E-state index contributed by atoms with van der Waals surface area (Å²) < 4.78 is 30.7. The van der Waals surface area contributed by atoms with Crippen LogP contribution in [0, 0.1) is 6.92 Å². The van der Waals surface area contributed by atoms with Crippen LogP contribution in [0.15, 0.2) is 35.1 Å². The zero-order chi connectivity index (χ0) is 17.8. The number of nitrogens with zero attached hydrogens (tertiary/aromatic N) is 4. The van der Waals surface area contributed by atoms with Crippen LogP contribution in [0.25, 0.3) is 10.9 Å². The second kappa shape index (κ2) is 7.64. The second-order valence-corrected chi connectivity index (χ2v) is 6.16. The summed E-state index contributed by atoms with van der Waals surface area (Å²) in [4.78, 5) is 8.38. The fourth-order valence-electron chi connectivity index (χ4n) is 2.20. The number of halogens is 3. The minimum atomic E-state index is -2.56. The Morgan fingerprint density at radius 1 is 1.20 bits per heavy atom. The molecule has 0 aliphatic heterocycles. The number of ether oxygens (including phenoxy) is 1. The monoisotopic (exact) mass is 409 g/mol. The minimum Gasteiger partial charge on any atom is -0.485 e. The van der Waals surface area contributed by atoms with E-state index in [0.29, 0.717) is 27.7 Å². The van der Waals surface area contributed by atoms with Gasteiger partial charge in [-0.25, -0.2) is 18.7 Å². The molecule has 0 aliphatic rings. The average Bonchev–Trinajstić information content (AvgIpc) is 2.59. The summed E-state index contributed by atoms with van der Waals surface area (Å²) in [6.45, 7) is 1.58. The number of anilines is 1. The summed E-state index contributed by atoms with van der Waals surface area (Å²) in [6.07, 6.45) is -1.21. The SMILES string of the molecule is Cc1ccc(CNc2ncnc3c(OCC(F)F)cc(Br)cc23)nn1. The Bertz CT molecular complexity index is 876. The van der Waals surface area contributed by atoms with Crippen LogP contribution in [0.2, 0.25) is 0 Å². The fourth-order valence-corrected chi connectivity index (χ4v) is 2.64. The maximum absolute atomic E-state index is 12.4. The smallest absolute Gasteiger partial charge is 0.272 e. The third-order valence-electron chi connectivity index (χ3n) is 3.32. The number of rotatable bonds is 6. The van der Waals surface area contributed by atoms with Crippen molar-refractivity contribution in [1.29, 1.82) is 0 Å². The van der Waals surface area contributed by atoms with Gasteiger partial charge >= 0.3 is 0 Å². The Balaban J connectivity index is 1.89. The standard InChI is InChI=1S/C16H14BrF2N5O/c1-9-2-3-11(24-23-9)6-20-16-12-4-10(17)5-13(25-7-14(18)19)15(12)21-8-22-16/h2-5,8,14H,6-7H2,1H3,(H,20,21,22). The summed E-state index contributed by atoms with van der Waals surface area (Å²) in [7, 11) is 0. The van der Waals surface area contributed by atoms with Gasteiger partial charge < -0.3 is 10.1 Å². The zero-order valence-electron chi connectivity index (χ0n) is 13.2. The lowest BCUT2D eigenvalue weighted by molar-refractivity contribution is 0.0825. The number of benzene rings is 1. The maximum atomic E-state index is 12.4. The van der Waals surface area contributed by atoms with Gasteiger partial charge in [0.25, 0.3) is 6.43 Å². The van der Waals surface area contributed by atoms with Crippen molar-refractivity contribution in [3.05, 3.63) is 46.5 Å². The molecular formula is C16H14BrF2N5O. The molecule has 0 amide bonds. The molecular weight excluding hydrogens is 396 g/mol. The number of alkyl halides is 2. The molecule has 0 radical (unpaired) electrons. The molecule has 1 N–H and O–H groups in total. The van der Waals surface area contributed by atoms with Crippen molar-refractivity contribution in [3.63, 3.8) is 0 Å². The maximum Gasteiger partial charge on any atom is 0.272 e. The lowest BCUT2D eigenvalue weighted by Gasteiger charge is -2.12. The normalized spacial score (nSPS) is 11.1. The molecule has 0 fully saturated rings. The zero-order valence-corrected chi connectivity index (χ0v) is 14.8. The molecule has 0 spiro atoms. The number of aromatic nitrogens is 4. The number of hydrogen-bond acceptors (Lipinski definition) is 6. The van der Waals surface area contributed by atoms with E-state index in [4.69, 9.17) is 4.74 Å². The Hall–Kier alpha value is -2.42. The molecule has 0 unspecified atom stereocenters. The predicted octanol–water partition coefficient (Wildman–Crippen LogP) is 3.75. The molecule has 0 atom stereocenters. The quantitative estimate of drug-likeness (QED) is 0.668.